The minimum Gasteiger partial charge on any atom is -0.378 e. The molecular weight excluding hydrogens is 345 g/mol. The molecule has 0 aliphatic carbocycles. The van der Waals surface area contributed by atoms with E-state index in [2.05, 4.69) is 13.8 Å². The second-order valence-electron chi connectivity index (χ2n) is 7.31. The summed E-state index contributed by atoms with van der Waals surface area (Å²) in [4.78, 5) is 1.98. The topological polar surface area (TPSA) is 49.8 Å². The lowest BCUT2D eigenvalue weighted by atomic mass is 10.2. The van der Waals surface area contributed by atoms with Gasteiger partial charge in [0.2, 0.25) is 0 Å². The Bertz CT molecular complexity index is 739. The van der Waals surface area contributed by atoms with E-state index in [0.29, 0.717) is 23.4 Å². The van der Waals surface area contributed by atoms with Gasteiger partial charge in [-0.05, 0) is 49.1 Å². The Labute approximate surface area is 157 Å². The van der Waals surface area contributed by atoms with E-state index in [1.54, 1.807) is 12.1 Å². The second-order valence-corrected chi connectivity index (χ2v) is 9.77. The average molecular weight is 375 g/mol. The van der Waals surface area contributed by atoms with Crippen LogP contribution in [-0.4, -0.2) is 25.8 Å². The molecule has 0 heterocycles. The molecule has 0 spiro atoms. The number of anilines is 1. The van der Waals surface area contributed by atoms with Crippen molar-refractivity contribution in [2.45, 2.75) is 33.0 Å². The fourth-order valence-electron chi connectivity index (χ4n) is 2.60. The molecule has 142 valence electrons. The third-order valence-electron chi connectivity index (χ3n) is 4.40. The highest BCUT2D eigenvalue weighted by Gasteiger charge is 2.36. The van der Waals surface area contributed by atoms with Crippen LogP contribution < -0.4 is 10.2 Å². The van der Waals surface area contributed by atoms with Crippen LogP contribution in [0.3, 0.4) is 0 Å². The van der Waals surface area contributed by atoms with Crippen molar-refractivity contribution in [2.24, 2.45) is 5.92 Å². The quantitative estimate of drug-likeness (QED) is 0.679. The van der Waals surface area contributed by atoms with E-state index in [1.807, 2.05) is 62.3 Å². The van der Waals surface area contributed by atoms with Crippen molar-refractivity contribution in [3.05, 3.63) is 59.7 Å². The van der Waals surface area contributed by atoms with Crippen LogP contribution in [0.4, 0.5) is 5.69 Å². The first-order chi connectivity index (χ1) is 12.2. The highest BCUT2D eigenvalue weighted by molar-refractivity contribution is 7.67. The van der Waals surface area contributed by atoms with Crippen molar-refractivity contribution in [3.8, 4) is 0 Å². The number of nitrogens with zero attached hydrogens (tertiary/aromatic N) is 1. The van der Waals surface area contributed by atoms with Crippen molar-refractivity contribution in [1.82, 2.24) is 0 Å². The molecule has 0 aliphatic heterocycles. The molecule has 2 rings (SSSR count). The van der Waals surface area contributed by atoms with E-state index in [9.17, 15) is 9.67 Å². The Morgan fingerprint density at radius 2 is 1.62 bits per heavy atom. The highest BCUT2D eigenvalue weighted by atomic mass is 31.2. The van der Waals surface area contributed by atoms with Gasteiger partial charge in [0.15, 0.2) is 5.85 Å². The first kappa shape index (κ1) is 20.7. The van der Waals surface area contributed by atoms with Crippen LogP contribution in [0.1, 0.15) is 37.2 Å². The summed E-state index contributed by atoms with van der Waals surface area (Å²) >= 11 is 0. The molecule has 0 bridgehead atoms. The Morgan fingerprint density at radius 1 is 1.04 bits per heavy atom. The third-order valence-corrected chi connectivity index (χ3v) is 6.93. The van der Waals surface area contributed by atoms with Crippen molar-refractivity contribution in [2.75, 3.05) is 25.6 Å². The van der Waals surface area contributed by atoms with Crippen LogP contribution in [0.2, 0.25) is 0 Å². The lowest BCUT2D eigenvalue weighted by molar-refractivity contribution is 0.209. The zero-order valence-corrected chi connectivity index (χ0v) is 17.2. The monoisotopic (exact) mass is 375 g/mol. The molecule has 0 fully saturated rings. The summed E-state index contributed by atoms with van der Waals surface area (Å²) < 4.78 is 19.6. The Balaban J connectivity index is 2.37. The molecule has 2 atom stereocenters. The van der Waals surface area contributed by atoms with Crippen LogP contribution in [0.15, 0.2) is 48.5 Å². The lowest BCUT2D eigenvalue weighted by Crippen LogP contribution is -2.16. The third kappa shape index (κ3) is 4.97. The van der Waals surface area contributed by atoms with E-state index in [0.717, 1.165) is 17.7 Å². The molecule has 26 heavy (non-hydrogen) atoms. The maximum absolute atomic E-state index is 13.8. The summed E-state index contributed by atoms with van der Waals surface area (Å²) in [6, 6.07) is 14.8. The molecule has 5 heteroatoms. The molecule has 4 nitrogen and oxygen atoms in total. The van der Waals surface area contributed by atoms with Gasteiger partial charge >= 0.3 is 0 Å². The van der Waals surface area contributed by atoms with E-state index in [-0.39, 0.29) is 0 Å². The van der Waals surface area contributed by atoms with Crippen LogP contribution in [0, 0.1) is 12.8 Å². The van der Waals surface area contributed by atoms with E-state index in [4.69, 9.17) is 4.52 Å². The Hall–Kier alpha value is -1.61. The molecule has 0 amide bonds. The van der Waals surface area contributed by atoms with Crippen molar-refractivity contribution in [1.29, 1.82) is 0 Å². The van der Waals surface area contributed by atoms with Gasteiger partial charge in [0.05, 0.1) is 6.61 Å². The second kappa shape index (κ2) is 8.85. The molecule has 2 aromatic rings. The van der Waals surface area contributed by atoms with Crippen LogP contribution in [-0.2, 0) is 9.09 Å². The number of aliphatic hydroxyl groups excluding tert-OH is 1. The molecule has 2 aromatic carbocycles. The molecular formula is C21H30NO3P. The Morgan fingerprint density at radius 3 is 2.12 bits per heavy atom. The maximum atomic E-state index is 13.8. The number of aliphatic hydroxyl groups is 1. The minimum atomic E-state index is -3.47. The minimum absolute atomic E-state index is 0.354. The van der Waals surface area contributed by atoms with Crippen molar-refractivity contribution >= 4 is 18.4 Å². The number of benzene rings is 2. The van der Waals surface area contributed by atoms with E-state index >= 15 is 0 Å². The van der Waals surface area contributed by atoms with Gasteiger partial charge in [-0.1, -0.05) is 43.7 Å². The summed E-state index contributed by atoms with van der Waals surface area (Å²) in [5.74, 6) is -0.739. The standard InChI is InChI=1S/C21H30NO3P/c1-16(2)14-15-25-26(24,20-12-10-19(11-13-20)22(4)5)21(23)18-8-6-17(3)7-9-18/h6-13,16,21,23H,14-15H2,1-5H3/t21-,26+/m1/s1. The summed E-state index contributed by atoms with van der Waals surface area (Å²) in [7, 11) is 0.437. The summed E-state index contributed by atoms with van der Waals surface area (Å²) in [5.41, 5.74) is 2.71. The van der Waals surface area contributed by atoms with Crippen molar-refractivity contribution < 1.29 is 14.2 Å². The van der Waals surface area contributed by atoms with Crippen molar-refractivity contribution in [3.63, 3.8) is 0 Å². The average Bonchev–Trinajstić information content (AvgIpc) is 2.61. The van der Waals surface area contributed by atoms with Crippen LogP contribution in [0.5, 0.6) is 0 Å². The number of hydrogen-bond acceptors (Lipinski definition) is 4. The fraction of sp³-hybridized carbons (Fsp3) is 0.429. The van der Waals surface area contributed by atoms with Gasteiger partial charge < -0.3 is 14.5 Å². The largest absolute Gasteiger partial charge is 0.378 e. The summed E-state index contributed by atoms with van der Waals surface area (Å²) in [6.07, 6.45) is 0.792. The molecule has 1 N–H and O–H groups in total. The smallest absolute Gasteiger partial charge is 0.264 e. The van der Waals surface area contributed by atoms with Gasteiger partial charge in [-0.2, -0.15) is 0 Å². The fourth-order valence-corrected chi connectivity index (χ4v) is 4.68. The molecule has 0 unspecified atom stereocenters. The normalized spacial score (nSPS) is 14.9. The summed E-state index contributed by atoms with van der Waals surface area (Å²) in [5, 5.41) is 11.5. The maximum Gasteiger partial charge on any atom is 0.264 e. The van der Waals surface area contributed by atoms with Gasteiger partial charge in [0.1, 0.15) is 0 Å². The van der Waals surface area contributed by atoms with Gasteiger partial charge in [0.25, 0.3) is 7.37 Å². The van der Waals surface area contributed by atoms with E-state index in [1.165, 1.54) is 0 Å². The van der Waals surface area contributed by atoms with Gasteiger partial charge in [-0.25, -0.2) is 0 Å². The van der Waals surface area contributed by atoms with E-state index < -0.39 is 13.2 Å². The van der Waals surface area contributed by atoms with Crippen LogP contribution in [0.25, 0.3) is 0 Å². The number of rotatable bonds is 8. The molecule has 0 radical (unpaired) electrons. The molecule has 0 aliphatic rings. The highest BCUT2D eigenvalue weighted by Crippen LogP contribution is 2.57. The molecule has 0 saturated carbocycles. The number of hydrogen-bond donors (Lipinski definition) is 1. The molecule has 0 aromatic heterocycles. The summed E-state index contributed by atoms with van der Waals surface area (Å²) in [6.45, 7) is 6.52. The number of aryl methyl sites for hydroxylation is 1. The first-order valence-electron chi connectivity index (χ1n) is 9.01. The SMILES string of the molecule is Cc1ccc([C@H](O)[P@@](=O)(OCCC(C)C)c2ccc(N(C)C)cc2)cc1. The van der Waals surface area contributed by atoms with Crippen LogP contribution >= 0.6 is 7.37 Å². The predicted octanol–water partition coefficient (Wildman–Crippen LogP) is 4.72. The zero-order valence-electron chi connectivity index (χ0n) is 16.3. The predicted molar refractivity (Wildman–Crippen MR) is 110 cm³/mol. The van der Waals surface area contributed by atoms with Gasteiger partial charge in [-0.3, -0.25) is 4.57 Å². The lowest BCUT2D eigenvalue weighted by Gasteiger charge is -2.25. The zero-order chi connectivity index (χ0) is 19.3. The van der Waals surface area contributed by atoms with Gasteiger partial charge in [0, 0.05) is 25.1 Å². The Kier molecular flexibility index (Phi) is 7.05. The van der Waals surface area contributed by atoms with Gasteiger partial charge in [-0.15, -0.1) is 0 Å². The first-order valence-corrected chi connectivity index (χ1v) is 10.7. The molecule has 0 saturated heterocycles.